The van der Waals surface area contributed by atoms with Gasteiger partial charge in [-0.15, -0.1) is 0 Å². The number of aryl methyl sites for hydroxylation is 1. The van der Waals surface area contributed by atoms with Crippen LogP contribution in [-0.2, 0) is 0 Å². The molecule has 1 aromatic carbocycles. The van der Waals surface area contributed by atoms with Crippen LogP contribution >= 0.6 is 23.5 Å². The molecular formula is C16H23NS2. The standard InChI is InChI=1S/C16H23NS2/c1-12-2-4-13(5-3-12)16(14-6-7-14)17-10-15-11-18-8-9-19-15/h2-5,14-17H,6-11H2,1H3. The normalized spacial score (nSPS) is 25.2. The first-order valence-corrected chi connectivity index (χ1v) is 9.52. The van der Waals surface area contributed by atoms with Gasteiger partial charge in [0.1, 0.15) is 0 Å². The second kappa shape index (κ2) is 6.55. The van der Waals surface area contributed by atoms with Gasteiger partial charge in [0, 0.05) is 35.1 Å². The number of benzene rings is 1. The number of rotatable bonds is 5. The van der Waals surface area contributed by atoms with E-state index in [0.29, 0.717) is 6.04 Å². The maximum absolute atomic E-state index is 3.85. The van der Waals surface area contributed by atoms with Gasteiger partial charge in [0.25, 0.3) is 0 Å². The van der Waals surface area contributed by atoms with E-state index in [9.17, 15) is 0 Å². The molecule has 0 aromatic heterocycles. The maximum Gasteiger partial charge on any atom is 0.0349 e. The van der Waals surface area contributed by atoms with Gasteiger partial charge in [-0.05, 0) is 31.2 Å². The Hall–Kier alpha value is -0.120. The fourth-order valence-corrected chi connectivity index (χ4v) is 5.30. The average molecular weight is 294 g/mol. The van der Waals surface area contributed by atoms with Crippen molar-refractivity contribution in [2.45, 2.75) is 31.1 Å². The van der Waals surface area contributed by atoms with Crippen LogP contribution < -0.4 is 5.32 Å². The van der Waals surface area contributed by atoms with Crippen LogP contribution in [0.5, 0.6) is 0 Å². The van der Waals surface area contributed by atoms with E-state index < -0.39 is 0 Å². The molecule has 1 nitrogen and oxygen atoms in total. The Bertz CT molecular complexity index is 394. The lowest BCUT2D eigenvalue weighted by Crippen LogP contribution is -2.32. The van der Waals surface area contributed by atoms with Crippen molar-refractivity contribution in [2.75, 3.05) is 23.8 Å². The van der Waals surface area contributed by atoms with Gasteiger partial charge in [-0.3, -0.25) is 0 Å². The van der Waals surface area contributed by atoms with Gasteiger partial charge >= 0.3 is 0 Å². The molecule has 2 unspecified atom stereocenters. The fourth-order valence-electron chi connectivity index (χ4n) is 2.67. The zero-order valence-electron chi connectivity index (χ0n) is 11.6. The zero-order valence-corrected chi connectivity index (χ0v) is 13.2. The van der Waals surface area contributed by atoms with Gasteiger partial charge in [-0.1, -0.05) is 29.8 Å². The molecule has 0 amide bonds. The van der Waals surface area contributed by atoms with Crippen molar-refractivity contribution in [3.05, 3.63) is 35.4 Å². The summed E-state index contributed by atoms with van der Waals surface area (Å²) >= 11 is 4.27. The lowest BCUT2D eigenvalue weighted by Gasteiger charge is -2.25. The minimum Gasteiger partial charge on any atom is -0.309 e. The lowest BCUT2D eigenvalue weighted by atomic mass is 10.0. The minimum atomic E-state index is 0.591. The van der Waals surface area contributed by atoms with Crippen LogP contribution in [0.3, 0.4) is 0 Å². The van der Waals surface area contributed by atoms with Crippen molar-refractivity contribution in [1.82, 2.24) is 5.32 Å². The molecule has 1 saturated carbocycles. The van der Waals surface area contributed by atoms with Crippen LogP contribution in [0.4, 0.5) is 0 Å². The molecule has 1 aliphatic carbocycles. The Morgan fingerprint density at radius 2 is 2.00 bits per heavy atom. The molecule has 3 heteroatoms. The Labute approximate surface area is 125 Å². The summed E-state index contributed by atoms with van der Waals surface area (Å²) in [4.78, 5) is 0. The summed E-state index contributed by atoms with van der Waals surface area (Å²) in [5.41, 5.74) is 2.85. The van der Waals surface area contributed by atoms with E-state index in [1.165, 1.54) is 47.8 Å². The number of hydrogen-bond acceptors (Lipinski definition) is 3. The summed E-state index contributed by atoms with van der Waals surface area (Å²) in [6.45, 7) is 3.34. The third-order valence-electron chi connectivity index (χ3n) is 3.98. The summed E-state index contributed by atoms with van der Waals surface area (Å²) < 4.78 is 0. The second-order valence-corrected chi connectivity index (χ2v) is 8.26. The molecular weight excluding hydrogens is 270 g/mol. The second-order valence-electron chi connectivity index (χ2n) is 5.70. The molecule has 104 valence electrons. The van der Waals surface area contributed by atoms with Crippen LogP contribution in [0.15, 0.2) is 24.3 Å². The summed E-state index contributed by atoms with van der Waals surface area (Å²) in [6, 6.07) is 9.71. The smallest absolute Gasteiger partial charge is 0.0349 e. The van der Waals surface area contributed by atoms with Gasteiger partial charge in [-0.25, -0.2) is 0 Å². The first kappa shape index (κ1) is 13.8. The van der Waals surface area contributed by atoms with E-state index >= 15 is 0 Å². The SMILES string of the molecule is Cc1ccc(C(NCC2CSCCS2)C2CC2)cc1. The molecule has 0 spiro atoms. The number of thioether (sulfide) groups is 2. The first-order valence-electron chi connectivity index (χ1n) is 7.32. The Morgan fingerprint density at radius 3 is 2.63 bits per heavy atom. The highest BCUT2D eigenvalue weighted by Crippen LogP contribution is 2.41. The fraction of sp³-hybridized carbons (Fsp3) is 0.625. The molecule has 3 rings (SSSR count). The molecule has 0 bridgehead atoms. The minimum absolute atomic E-state index is 0.591. The summed E-state index contributed by atoms with van der Waals surface area (Å²) in [6.07, 6.45) is 2.80. The van der Waals surface area contributed by atoms with Crippen molar-refractivity contribution < 1.29 is 0 Å². The highest BCUT2D eigenvalue weighted by molar-refractivity contribution is 8.06. The Morgan fingerprint density at radius 1 is 1.21 bits per heavy atom. The summed E-state index contributed by atoms with van der Waals surface area (Å²) in [5.74, 6) is 4.87. The Kier molecular flexibility index (Phi) is 4.78. The van der Waals surface area contributed by atoms with E-state index in [2.05, 4.69) is 60.0 Å². The molecule has 1 heterocycles. The molecule has 1 aliphatic heterocycles. The molecule has 0 radical (unpaired) electrons. The molecule has 1 N–H and O–H groups in total. The van der Waals surface area contributed by atoms with Gasteiger partial charge in [0.15, 0.2) is 0 Å². The van der Waals surface area contributed by atoms with Crippen molar-refractivity contribution in [3.63, 3.8) is 0 Å². The quantitative estimate of drug-likeness (QED) is 0.884. The summed E-state index contributed by atoms with van der Waals surface area (Å²) in [5, 5.41) is 4.66. The van der Waals surface area contributed by atoms with Gasteiger partial charge < -0.3 is 5.32 Å². The monoisotopic (exact) mass is 293 g/mol. The van der Waals surface area contributed by atoms with Crippen molar-refractivity contribution >= 4 is 23.5 Å². The predicted molar refractivity (Wildman–Crippen MR) is 88.2 cm³/mol. The molecule has 2 fully saturated rings. The molecule has 1 saturated heterocycles. The third kappa shape index (κ3) is 3.93. The first-order chi connectivity index (χ1) is 9.33. The van der Waals surface area contributed by atoms with Crippen LogP contribution in [-0.4, -0.2) is 29.1 Å². The van der Waals surface area contributed by atoms with Crippen molar-refractivity contribution in [3.8, 4) is 0 Å². The zero-order chi connectivity index (χ0) is 13.1. The highest BCUT2D eigenvalue weighted by Gasteiger charge is 2.32. The van der Waals surface area contributed by atoms with Crippen LogP contribution in [0.2, 0.25) is 0 Å². The molecule has 2 aliphatic rings. The van der Waals surface area contributed by atoms with Gasteiger partial charge in [0.05, 0.1) is 0 Å². The highest BCUT2D eigenvalue weighted by atomic mass is 32.2. The predicted octanol–water partition coefficient (Wildman–Crippen LogP) is 3.88. The maximum atomic E-state index is 3.85. The number of hydrogen-bond donors (Lipinski definition) is 1. The number of nitrogens with one attached hydrogen (secondary N) is 1. The van der Waals surface area contributed by atoms with Gasteiger partial charge in [-0.2, -0.15) is 23.5 Å². The molecule has 2 atom stereocenters. The lowest BCUT2D eigenvalue weighted by molar-refractivity contribution is 0.485. The largest absolute Gasteiger partial charge is 0.309 e. The van der Waals surface area contributed by atoms with Gasteiger partial charge in [0.2, 0.25) is 0 Å². The van der Waals surface area contributed by atoms with E-state index in [1.54, 1.807) is 0 Å². The van der Waals surface area contributed by atoms with Crippen molar-refractivity contribution in [1.29, 1.82) is 0 Å². The van der Waals surface area contributed by atoms with Crippen LogP contribution in [0.1, 0.15) is 30.0 Å². The van der Waals surface area contributed by atoms with E-state index in [-0.39, 0.29) is 0 Å². The molecule has 19 heavy (non-hydrogen) atoms. The topological polar surface area (TPSA) is 12.0 Å². The van der Waals surface area contributed by atoms with Crippen molar-refractivity contribution in [2.24, 2.45) is 5.92 Å². The van der Waals surface area contributed by atoms with E-state index in [4.69, 9.17) is 0 Å². The molecule has 1 aromatic rings. The Balaban J connectivity index is 1.59. The van der Waals surface area contributed by atoms with E-state index in [0.717, 1.165) is 11.2 Å². The van der Waals surface area contributed by atoms with E-state index in [1.807, 2.05) is 0 Å². The summed E-state index contributed by atoms with van der Waals surface area (Å²) in [7, 11) is 0. The average Bonchev–Trinajstić information content (AvgIpc) is 3.27. The third-order valence-corrected chi connectivity index (χ3v) is 6.83. The van der Waals surface area contributed by atoms with Crippen LogP contribution in [0, 0.1) is 12.8 Å². The van der Waals surface area contributed by atoms with Crippen LogP contribution in [0.25, 0.3) is 0 Å².